The average Bonchev–Trinajstić information content (AvgIpc) is 2.61. The predicted octanol–water partition coefficient (Wildman–Crippen LogP) is 0.308. The monoisotopic (exact) mass is 178 g/mol. The van der Waals surface area contributed by atoms with E-state index < -0.39 is 0 Å². The maximum Gasteiger partial charge on any atom is 0.272 e. The Kier molecular flexibility index (Phi) is 2.45. The highest BCUT2D eigenvalue weighted by molar-refractivity contribution is 5.18. The zero-order valence-electron chi connectivity index (χ0n) is 7.74. The number of pyridine rings is 1. The Labute approximate surface area is 78.6 Å². The Morgan fingerprint density at radius 2 is 2.46 bits per heavy atom. The third-order valence-corrected chi connectivity index (χ3v) is 2.56. The summed E-state index contributed by atoms with van der Waals surface area (Å²) < 4.78 is 2.10. The molecule has 0 aromatic carbocycles. The van der Waals surface area contributed by atoms with Gasteiger partial charge in [-0.25, -0.2) is 4.57 Å². The van der Waals surface area contributed by atoms with Crippen molar-refractivity contribution >= 4 is 5.82 Å². The molecule has 13 heavy (non-hydrogen) atoms. The summed E-state index contributed by atoms with van der Waals surface area (Å²) in [6.45, 7) is 2.14. The van der Waals surface area contributed by atoms with Crippen molar-refractivity contribution in [2.75, 3.05) is 12.3 Å². The molecule has 2 rings (SSSR count). The molecule has 0 radical (unpaired) electrons. The first kappa shape index (κ1) is 8.51. The fraction of sp³-hybridized carbons (Fsp3) is 0.500. The smallest absolute Gasteiger partial charge is 0.272 e. The fourth-order valence-electron chi connectivity index (χ4n) is 1.81. The van der Waals surface area contributed by atoms with Crippen molar-refractivity contribution < 1.29 is 4.57 Å². The fourth-order valence-corrected chi connectivity index (χ4v) is 1.81. The first-order valence-electron chi connectivity index (χ1n) is 4.83. The van der Waals surface area contributed by atoms with Crippen LogP contribution in [-0.4, -0.2) is 12.6 Å². The molecule has 0 saturated carbocycles. The van der Waals surface area contributed by atoms with Crippen LogP contribution in [0.3, 0.4) is 0 Å². The van der Waals surface area contributed by atoms with E-state index in [4.69, 9.17) is 5.73 Å². The van der Waals surface area contributed by atoms with Crippen LogP contribution < -0.4 is 15.6 Å². The number of nitrogens with zero attached hydrogens (tertiary/aromatic N) is 1. The third kappa shape index (κ3) is 1.98. The molecule has 1 fully saturated rings. The number of nitrogen functional groups attached to an aromatic ring is 1. The molecule has 70 valence electrons. The van der Waals surface area contributed by atoms with Gasteiger partial charge >= 0.3 is 0 Å². The van der Waals surface area contributed by atoms with Crippen LogP contribution in [0.1, 0.15) is 12.8 Å². The van der Waals surface area contributed by atoms with Gasteiger partial charge in [-0.3, -0.25) is 5.73 Å². The Morgan fingerprint density at radius 1 is 1.54 bits per heavy atom. The molecule has 0 bridgehead atoms. The molecule has 1 aliphatic heterocycles. The van der Waals surface area contributed by atoms with Crippen LogP contribution >= 0.6 is 0 Å². The van der Waals surface area contributed by atoms with E-state index in [1.807, 2.05) is 24.4 Å². The quantitative estimate of drug-likeness (QED) is 0.640. The van der Waals surface area contributed by atoms with Crippen molar-refractivity contribution in [2.45, 2.75) is 25.4 Å². The second kappa shape index (κ2) is 3.75. The summed E-state index contributed by atoms with van der Waals surface area (Å²) >= 11 is 0. The van der Waals surface area contributed by atoms with Gasteiger partial charge in [0.25, 0.3) is 5.82 Å². The lowest BCUT2D eigenvalue weighted by Gasteiger charge is -2.09. The Morgan fingerprint density at radius 3 is 3.15 bits per heavy atom. The summed E-state index contributed by atoms with van der Waals surface area (Å²) in [5, 5.41) is 3.46. The van der Waals surface area contributed by atoms with Gasteiger partial charge in [0.15, 0.2) is 0 Å². The van der Waals surface area contributed by atoms with Crippen LogP contribution in [0.2, 0.25) is 0 Å². The van der Waals surface area contributed by atoms with Crippen molar-refractivity contribution in [1.82, 2.24) is 5.32 Å². The number of rotatable bonds is 2. The number of anilines is 1. The number of nitrogens with two attached hydrogens (primary N) is 1. The average molecular weight is 178 g/mol. The highest BCUT2D eigenvalue weighted by Gasteiger charge is 2.17. The number of hydrogen-bond donors (Lipinski definition) is 2. The maximum atomic E-state index is 5.83. The lowest BCUT2D eigenvalue weighted by atomic mass is 10.2. The molecule has 1 aliphatic rings. The molecule has 3 N–H and O–H groups in total. The minimum atomic E-state index is 0.606. The lowest BCUT2D eigenvalue weighted by Crippen LogP contribution is -2.44. The van der Waals surface area contributed by atoms with Gasteiger partial charge in [-0.1, -0.05) is 6.07 Å². The first-order valence-corrected chi connectivity index (χ1v) is 4.83. The third-order valence-electron chi connectivity index (χ3n) is 2.56. The van der Waals surface area contributed by atoms with Crippen LogP contribution in [0.15, 0.2) is 24.4 Å². The lowest BCUT2D eigenvalue weighted by molar-refractivity contribution is -0.685. The van der Waals surface area contributed by atoms with E-state index in [0.717, 1.165) is 18.9 Å². The summed E-state index contributed by atoms with van der Waals surface area (Å²) in [6.07, 6.45) is 4.59. The summed E-state index contributed by atoms with van der Waals surface area (Å²) in [5.41, 5.74) is 5.83. The summed E-state index contributed by atoms with van der Waals surface area (Å²) in [4.78, 5) is 0. The minimum absolute atomic E-state index is 0.606. The normalized spacial score (nSPS) is 22.0. The molecule has 1 saturated heterocycles. The van der Waals surface area contributed by atoms with Crippen LogP contribution in [0.5, 0.6) is 0 Å². The largest absolute Gasteiger partial charge is 0.310 e. The molecule has 1 aromatic rings. The zero-order valence-corrected chi connectivity index (χ0v) is 7.74. The molecule has 0 unspecified atom stereocenters. The molecular formula is C10H16N3+. The summed E-state index contributed by atoms with van der Waals surface area (Å²) in [6, 6.07) is 6.53. The van der Waals surface area contributed by atoms with Crippen molar-refractivity contribution in [2.24, 2.45) is 0 Å². The predicted molar refractivity (Wildman–Crippen MR) is 52.1 cm³/mol. The van der Waals surface area contributed by atoms with Gasteiger partial charge in [-0.15, -0.1) is 0 Å². The van der Waals surface area contributed by atoms with Crippen LogP contribution in [-0.2, 0) is 6.54 Å². The van der Waals surface area contributed by atoms with Gasteiger partial charge in [0.05, 0.1) is 6.20 Å². The zero-order chi connectivity index (χ0) is 9.10. The topological polar surface area (TPSA) is 41.9 Å². The second-order valence-corrected chi connectivity index (χ2v) is 3.57. The van der Waals surface area contributed by atoms with E-state index in [1.54, 1.807) is 0 Å². The Balaban J connectivity index is 2.04. The van der Waals surface area contributed by atoms with Gasteiger partial charge in [0.1, 0.15) is 6.54 Å². The molecular weight excluding hydrogens is 162 g/mol. The highest BCUT2D eigenvalue weighted by atomic mass is 15.1. The van der Waals surface area contributed by atoms with Crippen molar-refractivity contribution in [1.29, 1.82) is 0 Å². The van der Waals surface area contributed by atoms with Gasteiger partial charge < -0.3 is 5.32 Å². The molecule has 1 atom stereocenters. The Bertz CT molecular complexity index is 279. The number of aromatic nitrogens is 1. The van der Waals surface area contributed by atoms with Gasteiger partial charge in [0, 0.05) is 12.1 Å². The van der Waals surface area contributed by atoms with Crippen LogP contribution in [0, 0.1) is 0 Å². The first-order chi connectivity index (χ1) is 6.36. The maximum absolute atomic E-state index is 5.83. The van der Waals surface area contributed by atoms with E-state index in [9.17, 15) is 0 Å². The van der Waals surface area contributed by atoms with Crippen LogP contribution in [0.25, 0.3) is 0 Å². The number of hydrogen-bond acceptors (Lipinski definition) is 2. The number of nitrogens with one attached hydrogen (secondary N) is 1. The molecule has 0 aliphatic carbocycles. The molecule has 3 heteroatoms. The van der Waals surface area contributed by atoms with E-state index in [0.29, 0.717) is 6.04 Å². The van der Waals surface area contributed by atoms with Gasteiger partial charge in [-0.05, 0) is 25.5 Å². The van der Waals surface area contributed by atoms with Crippen molar-refractivity contribution in [3.63, 3.8) is 0 Å². The van der Waals surface area contributed by atoms with E-state index in [2.05, 4.69) is 9.88 Å². The Hall–Kier alpha value is -1.09. The minimum Gasteiger partial charge on any atom is -0.310 e. The standard InChI is InChI=1S/C10H15N3/c11-10-5-1-2-7-13(10)8-9-4-3-6-12-9/h1-2,5,7,9,11-12H,3-4,6,8H2/p+1/t9-/m0/s1. The van der Waals surface area contributed by atoms with E-state index in [-0.39, 0.29) is 0 Å². The van der Waals surface area contributed by atoms with Crippen molar-refractivity contribution in [3.05, 3.63) is 24.4 Å². The van der Waals surface area contributed by atoms with E-state index in [1.165, 1.54) is 12.8 Å². The second-order valence-electron chi connectivity index (χ2n) is 3.57. The molecule has 0 spiro atoms. The van der Waals surface area contributed by atoms with Gasteiger partial charge in [0.2, 0.25) is 0 Å². The highest BCUT2D eigenvalue weighted by Crippen LogP contribution is 2.05. The molecule has 3 nitrogen and oxygen atoms in total. The molecule has 1 aromatic heterocycles. The van der Waals surface area contributed by atoms with E-state index >= 15 is 0 Å². The van der Waals surface area contributed by atoms with Crippen LogP contribution in [0.4, 0.5) is 5.82 Å². The molecule has 0 amide bonds. The molecule has 2 heterocycles. The summed E-state index contributed by atoms with van der Waals surface area (Å²) in [5.74, 6) is 0.844. The SMILES string of the molecule is Nc1cccc[n+]1C[C@@H]1CCCN1. The van der Waals surface area contributed by atoms with Gasteiger partial charge in [-0.2, -0.15) is 0 Å². The summed E-state index contributed by atoms with van der Waals surface area (Å²) in [7, 11) is 0. The van der Waals surface area contributed by atoms with Crippen molar-refractivity contribution in [3.8, 4) is 0 Å².